The summed E-state index contributed by atoms with van der Waals surface area (Å²) in [7, 11) is 0. The van der Waals surface area contributed by atoms with Crippen molar-refractivity contribution in [2.75, 3.05) is 0 Å². The van der Waals surface area contributed by atoms with Gasteiger partial charge in [0.2, 0.25) is 0 Å². The molecule has 1 aromatic heterocycles. The van der Waals surface area contributed by atoms with E-state index in [9.17, 15) is 4.79 Å². The van der Waals surface area contributed by atoms with E-state index in [0.29, 0.717) is 0 Å². The normalized spacial score (nSPS) is 17.1. The van der Waals surface area contributed by atoms with Crippen molar-refractivity contribution in [3.05, 3.63) is 71.1 Å². The van der Waals surface area contributed by atoms with Crippen LogP contribution in [0.25, 0.3) is 6.08 Å². The SMILES string of the molecule is O=C1/C(=C\c2ccccn2)CCCc2ccccc21. The summed E-state index contributed by atoms with van der Waals surface area (Å²) in [6.45, 7) is 0. The summed E-state index contributed by atoms with van der Waals surface area (Å²) in [6.07, 6.45) is 6.49. The molecule has 1 heterocycles. The lowest BCUT2D eigenvalue weighted by Gasteiger charge is -2.04. The first-order valence-electron chi connectivity index (χ1n) is 6.59. The molecule has 0 atom stereocenters. The third kappa shape index (κ3) is 2.48. The largest absolute Gasteiger partial charge is 0.289 e. The van der Waals surface area contributed by atoms with Crippen molar-refractivity contribution in [1.29, 1.82) is 0 Å². The van der Waals surface area contributed by atoms with Gasteiger partial charge in [0, 0.05) is 17.3 Å². The molecule has 3 rings (SSSR count). The number of fused-ring (bicyclic) bond motifs is 1. The summed E-state index contributed by atoms with van der Waals surface area (Å²) in [5.74, 6) is 0.152. The molecule has 1 aliphatic rings. The molecule has 2 aromatic rings. The highest BCUT2D eigenvalue weighted by atomic mass is 16.1. The van der Waals surface area contributed by atoms with Crippen LogP contribution in [0.5, 0.6) is 0 Å². The molecular weight excluding hydrogens is 234 g/mol. The second-order valence-electron chi connectivity index (χ2n) is 4.76. The van der Waals surface area contributed by atoms with Crippen molar-refractivity contribution in [1.82, 2.24) is 4.98 Å². The van der Waals surface area contributed by atoms with E-state index in [4.69, 9.17) is 0 Å². The lowest BCUT2D eigenvalue weighted by molar-refractivity contribution is 0.103. The van der Waals surface area contributed by atoms with Gasteiger partial charge in [-0.15, -0.1) is 0 Å². The number of aryl methyl sites for hydroxylation is 1. The Morgan fingerprint density at radius 3 is 2.68 bits per heavy atom. The maximum absolute atomic E-state index is 12.5. The molecule has 0 spiro atoms. The fourth-order valence-electron chi connectivity index (χ4n) is 2.49. The lowest BCUT2D eigenvalue weighted by atomic mass is 9.99. The van der Waals surface area contributed by atoms with Crippen molar-refractivity contribution in [3.8, 4) is 0 Å². The highest BCUT2D eigenvalue weighted by Crippen LogP contribution is 2.25. The molecule has 0 saturated heterocycles. The molecule has 1 aromatic carbocycles. The van der Waals surface area contributed by atoms with Gasteiger partial charge < -0.3 is 0 Å². The predicted molar refractivity (Wildman–Crippen MR) is 75.9 cm³/mol. The van der Waals surface area contributed by atoms with Crippen molar-refractivity contribution >= 4 is 11.9 Å². The minimum Gasteiger partial charge on any atom is -0.289 e. The van der Waals surface area contributed by atoms with E-state index in [0.717, 1.165) is 41.7 Å². The Morgan fingerprint density at radius 2 is 1.84 bits per heavy atom. The van der Waals surface area contributed by atoms with E-state index in [1.807, 2.05) is 42.5 Å². The van der Waals surface area contributed by atoms with Crippen molar-refractivity contribution in [2.24, 2.45) is 0 Å². The van der Waals surface area contributed by atoms with Gasteiger partial charge in [-0.1, -0.05) is 30.3 Å². The fraction of sp³-hybridized carbons (Fsp3) is 0.176. The van der Waals surface area contributed by atoms with E-state index in [2.05, 4.69) is 11.1 Å². The van der Waals surface area contributed by atoms with E-state index >= 15 is 0 Å². The quantitative estimate of drug-likeness (QED) is 0.570. The average molecular weight is 249 g/mol. The van der Waals surface area contributed by atoms with E-state index in [-0.39, 0.29) is 5.78 Å². The van der Waals surface area contributed by atoms with Crippen molar-refractivity contribution < 1.29 is 4.79 Å². The van der Waals surface area contributed by atoms with Crippen molar-refractivity contribution in [2.45, 2.75) is 19.3 Å². The number of Topliss-reactive ketones (excluding diaryl/α,β-unsaturated/α-hetero) is 1. The summed E-state index contributed by atoms with van der Waals surface area (Å²) < 4.78 is 0. The summed E-state index contributed by atoms with van der Waals surface area (Å²) in [5.41, 5.74) is 3.73. The number of hydrogen-bond acceptors (Lipinski definition) is 2. The molecule has 0 aliphatic heterocycles. The molecule has 0 amide bonds. The Morgan fingerprint density at radius 1 is 1.00 bits per heavy atom. The topological polar surface area (TPSA) is 30.0 Å². The van der Waals surface area contributed by atoms with Crippen LogP contribution in [0.15, 0.2) is 54.2 Å². The number of pyridine rings is 1. The molecule has 2 heteroatoms. The Balaban J connectivity index is 2.01. The van der Waals surface area contributed by atoms with Gasteiger partial charge in [0.1, 0.15) is 0 Å². The maximum Gasteiger partial charge on any atom is 0.189 e. The Bertz CT molecular complexity index is 629. The van der Waals surface area contributed by atoms with Crippen LogP contribution in [0.3, 0.4) is 0 Å². The summed E-state index contributed by atoms with van der Waals surface area (Å²) in [6, 6.07) is 13.7. The fourth-order valence-corrected chi connectivity index (χ4v) is 2.49. The zero-order chi connectivity index (χ0) is 13.1. The Hall–Kier alpha value is -2.22. The first kappa shape index (κ1) is 11.8. The molecular formula is C17H15NO. The molecule has 2 nitrogen and oxygen atoms in total. The molecule has 0 radical (unpaired) electrons. The van der Waals surface area contributed by atoms with Crippen LogP contribution in [0, 0.1) is 0 Å². The first-order valence-corrected chi connectivity index (χ1v) is 6.59. The second-order valence-corrected chi connectivity index (χ2v) is 4.76. The van der Waals surface area contributed by atoms with Gasteiger partial charge in [-0.25, -0.2) is 0 Å². The zero-order valence-corrected chi connectivity index (χ0v) is 10.7. The number of ketones is 1. The number of hydrogen-bond donors (Lipinski definition) is 0. The van der Waals surface area contributed by atoms with Gasteiger partial charge in [0.05, 0.1) is 5.69 Å². The third-order valence-electron chi connectivity index (χ3n) is 3.46. The minimum atomic E-state index is 0.152. The summed E-state index contributed by atoms with van der Waals surface area (Å²) >= 11 is 0. The van der Waals surface area contributed by atoms with E-state index in [1.165, 1.54) is 0 Å². The Labute approximate surface area is 112 Å². The molecule has 0 unspecified atom stereocenters. The molecule has 19 heavy (non-hydrogen) atoms. The average Bonchev–Trinajstić information content (AvgIpc) is 2.61. The van der Waals surface area contributed by atoms with Gasteiger partial charge in [0.15, 0.2) is 5.78 Å². The number of nitrogens with zero attached hydrogens (tertiary/aromatic N) is 1. The number of carbonyl (C=O) groups excluding carboxylic acids is 1. The van der Waals surface area contributed by atoms with Crippen LogP contribution in [-0.4, -0.2) is 10.8 Å². The Kier molecular flexibility index (Phi) is 3.23. The van der Waals surface area contributed by atoms with Crippen LogP contribution in [0.4, 0.5) is 0 Å². The number of rotatable bonds is 1. The van der Waals surface area contributed by atoms with E-state index < -0.39 is 0 Å². The second kappa shape index (κ2) is 5.19. The highest BCUT2D eigenvalue weighted by Gasteiger charge is 2.19. The van der Waals surface area contributed by atoms with Gasteiger partial charge in [-0.2, -0.15) is 0 Å². The minimum absolute atomic E-state index is 0.152. The number of benzene rings is 1. The third-order valence-corrected chi connectivity index (χ3v) is 3.46. The number of carbonyl (C=O) groups is 1. The molecule has 0 fully saturated rings. The molecule has 0 saturated carbocycles. The molecule has 0 bridgehead atoms. The van der Waals surface area contributed by atoms with Gasteiger partial charge in [-0.05, 0) is 43.0 Å². The maximum atomic E-state index is 12.5. The van der Waals surface area contributed by atoms with Crippen LogP contribution in [-0.2, 0) is 6.42 Å². The summed E-state index contributed by atoms with van der Waals surface area (Å²) in [4.78, 5) is 16.8. The van der Waals surface area contributed by atoms with Gasteiger partial charge in [0.25, 0.3) is 0 Å². The predicted octanol–water partition coefficient (Wildman–Crippen LogP) is 3.68. The first-order chi connectivity index (χ1) is 9.34. The molecule has 1 aliphatic carbocycles. The highest BCUT2D eigenvalue weighted by molar-refractivity contribution is 6.12. The van der Waals surface area contributed by atoms with Crippen LogP contribution >= 0.6 is 0 Å². The molecule has 94 valence electrons. The monoisotopic (exact) mass is 249 g/mol. The standard InChI is InChI=1S/C17H15NO/c19-17-14(12-15-9-3-4-11-18-15)8-5-7-13-6-1-2-10-16(13)17/h1-4,6,9-12H,5,7-8H2/b14-12-. The van der Waals surface area contributed by atoms with E-state index in [1.54, 1.807) is 6.20 Å². The lowest BCUT2D eigenvalue weighted by Crippen LogP contribution is -2.03. The summed E-state index contributed by atoms with van der Waals surface area (Å²) in [5, 5.41) is 0. The number of allylic oxidation sites excluding steroid dienone is 1. The van der Waals surface area contributed by atoms with Crippen LogP contribution in [0.1, 0.15) is 34.5 Å². The van der Waals surface area contributed by atoms with Gasteiger partial charge >= 0.3 is 0 Å². The number of aromatic nitrogens is 1. The smallest absolute Gasteiger partial charge is 0.189 e. The zero-order valence-electron chi connectivity index (χ0n) is 10.7. The van der Waals surface area contributed by atoms with Gasteiger partial charge in [-0.3, -0.25) is 9.78 Å². The van der Waals surface area contributed by atoms with Crippen molar-refractivity contribution in [3.63, 3.8) is 0 Å². The molecule has 0 N–H and O–H groups in total. The van der Waals surface area contributed by atoms with Crippen LogP contribution in [0.2, 0.25) is 0 Å². The van der Waals surface area contributed by atoms with Crippen LogP contribution < -0.4 is 0 Å².